The van der Waals surface area contributed by atoms with Crippen molar-refractivity contribution in [2.75, 3.05) is 26.2 Å². The number of nitrogens with zero attached hydrogens (tertiary/aromatic N) is 2. The summed E-state index contributed by atoms with van der Waals surface area (Å²) in [6.07, 6.45) is 0. The van der Waals surface area contributed by atoms with Crippen molar-refractivity contribution < 1.29 is 56.0 Å². The summed E-state index contributed by atoms with van der Waals surface area (Å²) in [6.45, 7) is -1.97. The van der Waals surface area contributed by atoms with Crippen molar-refractivity contribution in [3.8, 4) is 11.5 Å². The van der Waals surface area contributed by atoms with Crippen LogP contribution in [0.4, 0.5) is 0 Å². The molecule has 17 heteroatoms. The third kappa shape index (κ3) is 10.5. The fourth-order valence-electron chi connectivity index (χ4n) is 3.27. The summed E-state index contributed by atoms with van der Waals surface area (Å²) in [5, 5.41) is 38.6. The Balaban J connectivity index is 0.00000684. The van der Waals surface area contributed by atoms with Crippen LogP contribution in [0.2, 0.25) is 0 Å². The van der Waals surface area contributed by atoms with Crippen molar-refractivity contribution in [2.24, 2.45) is 0 Å². The maximum absolute atomic E-state index is 11.4. The first-order valence-corrected chi connectivity index (χ1v) is 12.9. The van der Waals surface area contributed by atoms with Crippen LogP contribution in [0.25, 0.3) is 0 Å². The van der Waals surface area contributed by atoms with Crippen LogP contribution in [0.15, 0.2) is 46.2 Å². The topological polar surface area (TPSA) is 230 Å². The van der Waals surface area contributed by atoms with E-state index in [0.717, 1.165) is 36.4 Å². The van der Waals surface area contributed by atoms with E-state index in [1.54, 1.807) is 0 Å². The molecule has 0 spiro atoms. The molecule has 0 aliphatic heterocycles. The van der Waals surface area contributed by atoms with E-state index < -0.39 is 55.1 Å². The van der Waals surface area contributed by atoms with E-state index in [-0.39, 0.29) is 78.4 Å². The Labute approximate surface area is 234 Å². The molecule has 0 saturated heterocycles. The van der Waals surface area contributed by atoms with Gasteiger partial charge in [-0.3, -0.25) is 28.5 Å². The quantitative estimate of drug-likeness (QED) is 0.130. The number of carboxylic acids is 2. The molecule has 14 nitrogen and oxygen atoms in total. The Morgan fingerprint density at radius 2 is 1.00 bits per heavy atom. The predicted octanol–water partition coefficient (Wildman–Crippen LogP) is -0.584. The van der Waals surface area contributed by atoms with Gasteiger partial charge < -0.3 is 20.4 Å². The van der Waals surface area contributed by atoms with Gasteiger partial charge in [-0.25, -0.2) is 0 Å². The van der Waals surface area contributed by atoms with Crippen LogP contribution in [0.3, 0.4) is 0 Å². The van der Waals surface area contributed by atoms with Crippen molar-refractivity contribution in [1.82, 2.24) is 9.80 Å². The number of rotatable bonds is 13. The third-order valence-electron chi connectivity index (χ3n) is 4.94. The molecule has 0 atom stereocenters. The number of carboxylic acid groups (broad SMARTS) is 2. The average molecular weight is 573 g/mol. The SMILES string of the molecule is O=C(O)CN(CCN(CC(=O)O)Cc1cc(S(=O)(=O)O)ccc1O)Cc1cc(S(=O)(=O)O)ccc1O.[NaH]. The molecule has 200 valence electrons. The Bertz CT molecular complexity index is 1250. The average Bonchev–Trinajstić information content (AvgIpc) is 2.72. The standard InChI is InChI=1S/C20H24N2O12S2.Na.H/c23-17-3-1-15(35(29,30)31)7-13(17)9-21(11-19(25)26)5-6-22(12-20(27)28)10-14-8-16(36(32,33)34)2-4-18(14)24;;/h1-4,7-8,23-24H,5-6,9-12H2,(H,25,26)(H,27,28)(H,29,30,31)(H,32,33,34);;. The number of carbonyl (C=O) groups is 2. The monoisotopic (exact) mass is 572 g/mol. The number of hydrogen-bond donors (Lipinski definition) is 6. The van der Waals surface area contributed by atoms with Crippen molar-refractivity contribution in [2.45, 2.75) is 22.9 Å². The molecule has 0 heterocycles. The molecule has 37 heavy (non-hydrogen) atoms. The van der Waals surface area contributed by atoms with Gasteiger partial charge in [0.2, 0.25) is 0 Å². The summed E-state index contributed by atoms with van der Waals surface area (Å²) in [5.74, 6) is -3.29. The first-order valence-electron chi connectivity index (χ1n) is 10.0. The van der Waals surface area contributed by atoms with E-state index in [2.05, 4.69) is 0 Å². The van der Waals surface area contributed by atoms with Gasteiger partial charge in [-0.1, -0.05) is 0 Å². The summed E-state index contributed by atoms with van der Waals surface area (Å²) < 4.78 is 64.0. The van der Waals surface area contributed by atoms with Crippen LogP contribution in [0.5, 0.6) is 11.5 Å². The van der Waals surface area contributed by atoms with Gasteiger partial charge in [-0.2, -0.15) is 16.8 Å². The molecular weight excluding hydrogens is 547 g/mol. The van der Waals surface area contributed by atoms with Gasteiger partial charge in [-0.05, 0) is 36.4 Å². The second-order valence-corrected chi connectivity index (χ2v) is 10.6. The summed E-state index contributed by atoms with van der Waals surface area (Å²) in [7, 11) is -9.19. The molecule has 2 aromatic rings. The maximum atomic E-state index is 11.4. The zero-order valence-electron chi connectivity index (χ0n) is 18.6. The number of phenolic OH excluding ortho intramolecular Hbond substituents is 2. The van der Waals surface area contributed by atoms with Crippen LogP contribution in [-0.4, -0.2) is 124 Å². The number of phenols is 2. The zero-order valence-corrected chi connectivity index (χ0v) is 20.2. The molecule has 0 aliphatic carbocycles. The van der Waals surface area contributed by atoms with Gasteiger partial charge in [0.15, 0.2) is 0 Å². The predicted molar refractivity (Wildman–Crippen MR) is 129 cm³/mol. The molecule has 0 fully saturated rings. The van der Waals surface area contributed by atoms with Crippen molar-refractivity contribution in [1.29, 1.82) is 0 Å². The zero-order chi connectivity index (χ0) is 27.3. The number of benzene rings is 2. The molecule has 0 amide bonds. The Morgan fingerprint density at radius 1 is 0.676 bits per heavy atom. The fourth-order valence-corrected chi connectivity index (χ4v) is 4.34. The molecule has 0 saturated carbocycles. The van der Waals surface area contributed by atoms with E-state index in [1.165, 1.54) is 9.80 Å². The first kappa shape index (κ1) is 32.7. The van der Waals surface area contributed by atoms with Gasteiger partial charge in [0.1, 0.15) is 11.5 Å². The van der Waals surface area contributed by atoms with E-state index in [4.69, 9.17) is 0 Å². The normalized spacial score (nSPS) is 11.9. The van der Waals surface area contributed by atoms with Crippen molar-refractivity contribution in [3.05, 3.63) is 47.5 Å². The van der Waals surface area contributed by atoms with Crippen LogP contribution < -0.4 is 0 Å². The van der Waals surface area contributed by atoms with Crippen molar-refractivity contribution in [3.63, 3.8) is 0 Å². The van der Waals surface area contributed by atoms with E-state index in [9.17, 15) is 56.0 Å². The van der Waals surface area contributed by atoms with E-state index >= 15 is 0 Å². The van der Waals surface area contributed by atoms with E-state index in [1.807, 2.05) is 0 Å². The molecular formula is C20H25N2NaO12S2. The fraction of sp³-hybridized carbons (Fsp3) is 0.300. The molecule has 0 bridgehead atoms. The van der Waals surface area contributed by atoms with Crippen LogP contribution >= 0.6 is 0 Å². The summed E-state index contributed by atoms with van der Waals surface area (Å²) in [5.41, 5.74) is -0.0377. The van der Waals surface area contributed by atoms with Gasteiger partial charge in [-0.15, -0.1) is 0 Å². The van der Waals surface area contributed by atoms with Gasteiger partial charge >= 0.3 is 41.5 Å². The van der Waals surface area contributed by atoms with E-state index in [0.29, 0.717) is 0 Å². The Hall–Kier alpha value is -2.28. The summed E-state index contributed by atoms with van der Waals surface area (Å²) >= 11 is 0. The first-order chi connectivity index (χ1) is 16.6. The van der Waals surface area contributed by atoms with Crippen LogP contribution in [-0.2, 0) is 42.9 Å². The molecule has 0 radical (unpaired) electrons. The summed E-state index contributed by atoms with van der Waals surface area (Å²) in [6, 6.07) is 5.87. The number of aliphatic carboxylic acids is 2. The second kappa shape index (κ2) is 13.5. The number of hydrogen-bond acceptors (Lipinski definition) is 10. The van der Waals surface area contributed by atoms with Gasteiger partial charge in [0.05, 0.1) is 22.9 Å². The Morgan fingerprint density at radius 3 is 1.27 bits per heavy atom. The minimum atomic E-state index is -4.60. The molecule has 0 aromatic heterocycles. The van der Waals surface area contributed by atoms with Gasteiger partial charge in [0.25, 0.3) is 20.2 Å². The molecule has 0 aliphatic rings. The molecule has 2 rings (SSSR count). The van der Waals surface area contributed by atoms with Crippen molar-refractivity contribution >= 4 is 61.7 Å². The second-order valence-electron chi connectivity index (χ2n) is 7.74. The molecule has 0 unspecified atom stereocenters. The minimum absolute atomic E-state index is 0. The third-order valence-corrected chi connectivity index (χ3v) is 6.64. The molecule has 6 N–H and O–H groups in total. The van der Waals surface area contributed by atoms with Crippen LogP contribution in [0, 0.1) is 0 Å². The molecule has 2 aromatic carbocycles. The van der Waals surface area contributed by atoms with Gasteiger partial charge in [0, 0.05) is 37.3 Å². The van der Waals surface area contributed by atoms with Crippen LogP contribution in [0.1, 0.15) is 11.1 Å². The summed E-state index contributed by atoms with van der Waals surface area (Å²) in [4.78, 5) is 24.2. The Kier molecular flexibility index (Phi) is 11.9. The number of aromatic hydroxyl groups is 2.